The van der Waals surface area contributed by atoms with Gasteiger partial charge in [0.15, 0.2) is 0 Å². The van der Waals surface area contributed by atoms with Crippen molar-refractivity contribution in [3.8, 4) is 6.07 Å². The molecule has 1 rings (SSSR count). The van der Waals surface area contributed by atoms with Gasteiger partial charge in [-0.05, 0) is 25.7 Å². The number of nitrogens with one attached hydrogen (secondary N) is 1. The zero-order valence-electron chi connectivity index (χ0n) is 11.3. The smallest absolute Gasteiger partial charge is 0.196 e. The number of nitriles is 1. The Kier molecular flexibility index (Phi) is 5.57. The van der Waals surface area contributed by atoms with E-state index in [-0.39, 0.29) is 0 Å². The van der Waals surface area contributed by atoms with Crippen LogP contribution in [0.15, 0.2) is 0 Å². The number of hydrogen-bond donors (Lipinski definition) is 1. The molecule has 1 fully saturated rings. The summed E-state index contributed by atoms with van der Waals surface area (Å²) in [7, 11) is -3.54. The summed E-state index contributed by atoms with van der Waals surface area (Å²) in [6, 6.07) is 2.11. The monoisotopic (exact) mass is 273 g/mol. The molecule has 1 heterocycles. The van der Waals surface area contributed by atoms with Crippen molar-refractivity contribution in [1.82, 2.24) is 9.03 Å². The van der Waals surface area contributed by atoms with Crippen LogP contribution in [0.4, 0.5) is 0 Å². The standard InChI is InChI=1S/C12H23N3O2S/c1-3-12(4-2,11-13)14-18(16,17)15-9-7-5-6-8-10-15/h14H,3-10H2,1-2H3. The third-order valence-electron chi connectivity index (χ3n) is 3.65. The molecule has 0 aromatic heterocycles. The zero-order chi connectivity index (χ0) is 13.6. The molecule has 0 spiro atoms. The van der Waals surface area contributed by atoms with Crippen molar-refractivity contribution in [3.05, 3.63) is 0 Å². The maximum Gasteiger partial charge on any atom is 0.280 e. The molecule has 0 amide bonds. The van der Waals surface area contributed by atoms with Gasteiger partial charge in [-0.1, -0.05) is 26.7 Å². The van der Waals surface area contributed by atoms with Gasteiger partial charge in [0.1, 0.15) is 5.54 Å². The average molecular weight is 273 g/mol. The highest BCUT2D eigenvalue weighted by Crippen LogP contribution is 2.18. The van der Waals surface area contributed by atoms with Gasteiger partial charge in [0.25, 0.3) is 10.2 Å². The Morgan fingerprint density at radius 2 is 1.67 bits per heavy atom. The number of rotatable bonds is 5. The van der Waals surface area contributed by atoms with E-state index >= 15 is 0 Å². The molecule has 0 aromatic carbocycles. The van der Waals surface area contributed by atoms with Crippen molar-refractivity contribution in [1.29, 1.82) is 5.26 Å². The van der Waals surface area contributed by atoms with Gasteiger partial charge in [0.05, 0.1) is 6.07 Å². The second kappa shape index (κ2) is 6.50. The second-order valence-corrected chi connectivity index (χ2v) is 6.49. The van der Waals surface area contributed by atoms with Crippen LogP contribution in [-0.2, 0) is 10.2 Å². The number of nitrogens with zero attached hydrogens (tertiary/aromatic N) is 2. The van der Waals surface area contributed by atoms with Gasteiger partial charge in [-0.15, -0.1) is 0 Å². The molecule has 0 atom stereocenters. The lowest BCUT2D eigenvalue weighted by molar-refractivity contribution is 0.382. The van der Waals surface area contributed by atoms with E-state index in [4.69, 9.17) is 0 Å². The minimum Gasteiger partial charge on any atom is -0.196 e. The first-order valence-electron chi connectivity index (χ1n) is 6.70. The number of hydrogen-bond acceptors (Lipinski definition) is 3. The lowest BCUT2D eigenvalue weighted by Gasteiger charge is -2.29. The molecule has 0 bridgehead atoms. The maximum absolute atomic E-state index is 12.3. The van der Waals surface area contributed by atoms with Gasteiger partial charge in [-0.2, -0.15) is 22.7 Å². The Morgan fingerprint density at radius 3 is 2.06 bits per heavy atom. The third-order valence-corrected chi connectivity index (χ3v) is 5.34. The molecule has 0 radical (unpaired) electrons. The van der Waals surface area contributed by atoms with Crippen molar-refractivity contribution in [2.45, 2.75) is 57.9 Å². The lowest BCUT2D eigenvalue weighted by atomic mass is 9.97. The van der Waals surface area contributed by atoms with E-state index in [1.807, 2.05) is 13.8 Å². The Morgan fingerprint density at radius 1 is 1.17 bits per heavy atom. The summed E-state index contributed by atoms with van der Waals surface area (Å²) >= 11 is 0. The fourth-order valence-electron chi connectivity index (χ4n) is 2.17. The van der Waals surface area contributed by atoms with Gasteiger partial charge in [0.2, 0.25) is 0 Å². The first-order valence-corrected chi connectivity index (χ1v) is 8.14. The van der Waals surface area contributed by atoms with Gasteiger partial charge in [-0.25, -0.2) is 0 Å². The summed E-state index contributed by atoms with van der Waals surface area (Å²) in [6.45, 7) is 4.78. The largest absolute Gasteiger partial charge is 0.280 e. The van der Waals surface area contributed by atoms with Crippen molar-refractivity contribution >= 4 is 10.2 Å². The van der Waals surface area contributed by atoms with Crippen molar-refractivity contribution in [3.63, 3.8) is 0 Å². The van der Waals surface area contributed by atoms with Crippen LogP contribution in [-0.4, -0.2) is 31.4 Å². The first-order chi connectivity index (χ1) is 8.49. The van der Waals surface area contributed by atoms with Gasteiger partial charge >= 0.3 is 0 Å². The van der Waals surface area contributed by atoms with Crippen molar-refractivity contribution in [2.24, 2.45) is 0 Å². The van der Waals surface area contributed by atoms with Crippen LogP contribution in [0.2, 0.25) is 0 Å². The van der Waals surface area contributed by atoms with Crippen LogP contribution < -0.4 is 4.72 Å². The van der Waals surface area contributed by atoms with E-state index in [0.29, 0.717) is 25.9 Å². The Labute approximate surface area is 110 Å². The van der Waals surface area contributed by atoms with E-state index in [1.165, 1.54) is 4.31 Å². The van der Waals surface area contributed by atoms with Crippen LogP contribution in [0, 0.1) is 11.3 Å². The fourth-order valence-corrected chi connectivity index (χ4v) is 3.86. The topological polar surface area (TPSA) is 73.2 Å². The molecule has 1 aliphatic rings. The molecule has 104 valence electrons. The summed E-state index contributed by atoms with van der Waals surface area (Å²) in [5.41, 5.74) is -0.967. The Hall–Kier alpha value is -0.640. The molecule has 0 aromatic rings. The molecule has 1 aliphatic heterocycles. The highest BCUT2D eigenvalue weighted by molar-refractivity contribution is 7.87. The first kappa shape index (κ1) is 15.4. The van der Waals surface area contributed by atoms with Crippen LogP contribution in [0.1, 0.15) is 52.4 Å². The van der Waals surface area contributed by atoms with Crippen molar-refractivity contribution in [2.75, 3.05) is 13.1 Å². The predicted molar refractivity (Wildman–Crippen MR) is 71.0 cm³/mol. The summed E-state index contributed by atoms with van der Waals surface area (Å²) in [4.78, 5) is 0. The van der Waals surface area contributed by atoms with Gasteiger partial charge in [0, 0.05) is 13.1 Å². The summed E-state index contributed by atoms with van der Waals surface area (Å²) < 4.78 is 28.7. The fraction of sp³-hybridized carbons (Fsp3) is 0.917. The maximum atomic E-state index is 12.3. The normalized spacial score (nSPS) is 19.2. The minimum absolute atomic E-state index is 0.479. The van der Waals surface area contributed by atoms with Crippen molar-refractivity contribution < 1.29 is 8.42 Å². The summed E-state index contributed by atoms with van der Waals surface area (Å²) in [6.07, 6.45) is 4.92. The Balaban J connectivity index is 2.83. The quantitative estimate of drug-likeness (QED) is 0.829. The van der Waals surface area contributed by atoms with Crippen LogP contribution >= 0.6 is 0 Å². The summed E-state index contributed by atoms with van der Waals surface area (Å²) in [5.74, 6) is 0. The lowest BCUT2D eigenvalue weighted by Crippen LogP contribution is -2.52. The Bertz CT molecular complexity index is 388. The van der Waals surface area contributed by atoms with E-state index in [2.05, 4.69) is 10.8 Å². The predicted octanol–water partition coefficient (Wildman–Crippen LogP) is 1.78. The highest BCUT2D eigenvalue weighted by atomic mass is 32.2. The molecule has 18 heavy (non-hydrogen) atoms. The van der Waals surface area contributed by atoms with E-state index in [9.17, 15) is 13.7 Å². The minimum atomic E-state index is -3.54. The van der Waals surface area contributed by atoms with Crippen LogP contribution in [0.25, 0.3) is 0 Å². The van der Waals surface area contributed by atoms with E-state index in [1.54, 1.807) is 0 Å². The van der Waals surface area contributed by atoms with Gasteiger partial charge < -0.3 is 0 Å². The molecule has 1 saturated heterocycles. The van der Waals surface area contributed by atoms with Gasteiger partial charge in [-0.3, -0.25) is 0 Å². The van der Waals surface area contributed by atoms with Crippen LogP contribution in [0.3, 0.4) is 0 Å². The molecule has 5 nitrogen and oxygen atoms in total. The molecule has 1 N–H and O–H groups in total. The average Bonchev–Trinajstić information content (AvgIpc) is 2.65. The highest BCUT2D eigenvalue weighted by Gasteiger charge is 2.34. The SMILES string of the molecule is CCC(C#N)(CC)NS(=O)(=O)N1CCCCCC1. The molecule has 0 saturated carbocycles. The summed E-state index contributed by atoms with van der Waals surface area (Å²) in [5, 5.41) is 9.20. The molecule has 0 aliphatic carbocycles. The molecule has 6 heteroatoms. The van der Waals surface area contributed by atoms with E-state index < -0.39 is 15.7 Å². The second-order valence-electron chi connectivity index (χ2n) is 4.82. The molecular weight excluding hydrogens is 250 g/mol. The zero-order valence-corrected chi connectivity index (χ0v) is 12.1. The molecule has 0 unspecified atom stereocenters. The third kappa shape index (κ3) is 3.67. The van der Waals surface area contributed by atoms with Crippen LogP contribution in [0.5, 0.6) is 0 Å². The molecular formula is C12H23N3O2S. The van der Waals surface area contributed by atoms with E-state index in [0.717, 1.165) is 25.7 Å².